The van der Waals surface area contributed by atoms with E-state index in [1.807, 2.05) is 50.6 Å². The lowest BCUT2D eigenvalue weighted by Gasteiger charge is -2.06. The number of carbonyl (C=O) groups excluding carboxylic acids is 1. The minimum absolute atomic E-state index is 0. The Hall–Kier alpha value is -1.85. The highest BCUT2D eigenvalue weighted by atomic mass is 35.5. The third kappa shape index (κ3) is 4.88. The molecular weight excluding hydrogens is 288 g/mol. The SMILES string of the molecule is CNCCCNC(=O)c1ccc(-n2cc(C)cn2)cc1.Cl. The lowest BCUT2D eigenvalue weighted by Crippen LogP contribution is -2.26. The van der Waals surface area contributed by atoms with Crippen molar-refractivity contribution in [2.45, 2.75) is 13.3 Å². The molecule has 0 atom stereocenters. The van der Waals surface area contributed by atoms with E-state index in [9.17, 15) is 4.79 Å². The Morgan fingerprint density at radius 2 is 1.95 bits per heavy atom. The number of hydrogen-bond acceptors (Lipinski definition) is 3. The van der Waals surface area contributed by atoms with Crippen molar-refractivity contribution in [2.75, 3.05) is 20.1 Å². The Labute approximate surface area is 131 Å². The highest BCUT2D eigenvalue weighted by Gasteiger charge is 2.05. The highest BCUT2D eigenvalue weighted by Crippen LogP contribution is 2.09. The minimum Gasteiger partial charge on any atom is -0.352 e. The number of carbonyl (C=O) groups is 1. The van der Waals surface area contributed by atoms with Crippen LogP contribution in [0, 0.1) is 6.92 Å². The van der Waals surface area contributed by atoms with Crippen molar-refractivity contribution >= 4 is 18.3 Å². The van der Waals surface area contributed by atoms with E-state index >= 15 is 0 Å². The maximum atomic E-state index is 11.9. The van der Waals surface area contributed by atoms with Gasteiger partial charge in [-0.05, 0) is 56.8 Å². The summed E-state index contributed by atoms with van der Waals surface area (Å²) in [6.07, 6.45) is 4.68. The molecule has 0 aliphatic heterocycles. The van der Waals surface area contributed by atoms with Crippen LogP contribution in [0.1, 0.15) is 22.3 Å². The minimum atomic E-state index is -0.0377. The van der Waals surface area contributed by atoms with Gasteiger partial charge >= 0.3 is 0 Å². The molecule has 0 aliphatic carbocycles. The molecule has 1 amide bonds. The smallest absolute Gasteiger partial charge is 0.251 e. The van der Waals surface area contributed by atoms with Crippen LogP contribution in [0.2, 0.25) is 0 Å². The van der Waals surface area contributed by atoms with Gasteiger partial charge in [0.15, 0.2) is 0 Å². The molecule has 2 N–H and O–H groups in total. The normalized spacial score (nSPS) is 10.0. The second-order valence-electron chi connectivity index (χ2n) is 4.72. The third-order valence-corrected chi connectivity index (χ3v) is 2.99. The van der Waals surface area contributed by atoms with Crippen LogP contribution in [0.3, 0.4) is 0 Å². The average Bonchev–Trinajstić information content (AvgIpc) is 2.90. The predicted molar refractivity (Wildman–Crippen MR) is 86.4 cm³/mol. The van der Waals surface area contributed by atoms with Gasteiger partial charge in [-0.3, -0.25) is 4.79 Å². The summed E-state index contributed by atoms with van der Waals surface area (Å²) in [5.41, 5.74) is 2.73. The molecule has 0 bridgehead atoms. The van der Waals surface area contributed by atoms with Crippen LogP contribution in [0.15, 0.2) is 36.7 Å². The molecule has 0 radical (unpaired) electrons. The zero-order chi connectivity index (χ0) is 14.4. The standard InChI is InChI=1S/C15H20N4O.ClH/c1-12-10-18-19(11-12)14-6-4-13(5-7-14)15(20)17-9-3-8-16-2;/h4-7,10-11,16H,3,8-9H2,1-2H3,(H,17,20);1H. The molecule has 1 aromatic carbocycles. The Balaban J connectivity index is 0.00000220. The predicted octanol–water partition coefficient (Wildman–Crippen LogP) is 1.94. The number of halogens is 1. The van der Waals surface area contributed by atoms with Crippen LogP contribution in [0.25, 0.3) is 5.69 Å². The number of nitrogens with zero attached hydrogens (tertiary/aromatic N) is 2. The third-order valence-electron chi connectivity index (χ3n) is 2.99. The van der Waals surface area contributed by atoms with Crippen molar-refractivity contribution in [3.63, 3.8) is 0 Å². The van der Waals surface area contributed by atoms with E-state index in [2.05, 4.69) is 15.7 Å². The molecule has 1 aromatic heterocycles. The van der Waals surface area contributed by atoms with Gasteiger partial charge < -0.3 is 10.6 Å². The Morgan fingerprint density at radius 1 is 1.24 bits per heavy atom. The van der Waals surface area contributed by atoms with Gasteiger partial charge in [0.1, 0.15) is 0 Å². The van der Waals surface area contributed by atoms with E-state index in [4.69, 9.17) is 0 Å². The molecule has 0 saturated carbocycles. The van der Waals surface area contributed by atoms with Gasteiger partial charge in [-0.2, -0.15) is 5.10 Å². The van der Waals surface area contributed by atoms with Gasteiger partial charge in [0.25, 0.3) is 5.91 Å². The van der Waals surface area contributed by atoms with E-state index in [0.717, 1.165) is 24.2 Å². The topological polar surface area (TPSA) is 58.9 Å². The van der Waals surface area contributed by atoms with Crippen molar-refractivity contribution in [3.05, 3.63) is 47.8 Å². The maximum absolute atomic E-state index is 11.9. The highest BCUT2D eigenvalue weighted by molar-refractivity contribution is 5.94. The van der Waals surface area contributed by atoms with Gasteiger partial charge in [-0.15, -0.1) is 12.4 Å². The molecule has 2 rings (SSSR count). The summed E-state index contributed by atoms with van der Waals surface area (Å²) in [6, 6.07) is 7.43. The van der Waals surface area contributed by atoms with Crippen molar-refractivity contribution in [3.8, 4) is 5.69 Å². The quantitative estimate of drug-likeness (QED) is 0.802. The fourth-order valence-corrected chi connectivity index (χ4v) is 1.89. The number of aromatic nitrogens is 2. The molecule has 5 nitrogen and oxygen atoms in total. The molecule has 1 heterocycles. The monoisotopic (exact) mass is 308 g/mol. The Kier molecular flexibility index (Phi) is 6.91. The molecule has 0 fully saturated rings. The van der Waals surface area contributed by atoms with E-state index in [-0.39, 0.29) is 18.3 Å². The number of aryl methyl sites for hydroxylation is 1. The number of benzene rings is 1. The number of amides is 1. The van der Waals surface area contributed by atoms with Crippen LogP contribution in [-0.2, 0) is 0 Å². The van der Waals surface area contributed by atoms with Gasteiger partial charge in [0, 0.05) is 18.3 Å². The first-order chi connectivity index (χ1) is 9.70. The summed E-state index contributed by atoms with van der Waals surface area (Å²) in [4.78, 5) is 11.9. The summed E-state index contributed by atoms with van der Waals surface area (Å²) in [7, 11) is 1.90. The molecule has 21 heavy (non-hydrogen) atoms. The van der Waals surface area contributed by atoms with Crippen LogP contribution in [0.5, 0.6) is 0 Å². The first-order valence-corrected chi connectivity index (χ1v) is 6.75. The van der Waals surface area contributed by atoms with Gasteiger partial charge in [0.2, 0.25) is 0 Å². The van der Waals surface area contributed by atoms with E-state index in [0.29, 0.717) is 12.1 Å². The fourth-order valence-electron chi connectivity index (χ4n) is 1.89. The number of hydrogen-bond donors (Lipinski definition) is 2. The first-order valence-electron chi connectivity index (χ1n) is 6.75. The molecule has 0 unspecified atom stereocenters. The van der Waals surface area contributed by atoms with Crippen molar-refractivity contribution in [1.82, 2.24) is 20.4 Å². The molecule has 0 aliphatic rings. The molecule has 114 valence electrons. The second-order valence-corrected chi connectivity index (χ2v) is 4.72. The van der Waals surface area contributed by atoms with Crippen molar-refractivity contribution in [2.24, 2.45) is 0 Å². The lowest BCUT2D eigenvalue weighted by molar-refractivity contribution is 0.0953. The van der Waals surface area contributed by atoms with Crippen LogP contribution in [0.4, 0.5) is 0 Å². The zero-order valence-electron chi connectivity index (χ0n) is 12.3. The Bertz CT molecular complexity index is 565. The van der Waals surface area contributed by atoms with Crippen LogP contribution in [-0.4, -0.2) is 35.8 Å². The molecule has 0 spiro atoms. The molecular formula is C15H21ClN4O. The number of rotatable bonds is 6. The summed E-state index contributed by atoms with van der Waals surface area (Å²) in [5.74, 6) is -0.0377. The largest absolute Gasteiger partial charge is 0.352 e. The summed E-state index contributed by atoms with van der Waals surface area (Å²) in [6.45, 7) is 3.58. The van der Waals surface area contributed by atoms with Gasteiger partial charge in [0.05, 0.1) is 11.9 Å². The second kappa shape index (κ2) is 8.44. The first kappa shape index (κ1) is 17.2. The maximum Gasteiger partial charge on any atom is 0.251 e. The van der Waals surface area contributed by atoms with Crippen molar-refractivity contribution < 1.29 is 4.79 Å². The molecule has 6 heteroatoms. The van der Waals surface area contributed by atoms with Crippen LogP contribution >= 0.6 is 12.4 Å². The van der Waals surface area contributed by atoms with E-state index < -0.39 is 0 Å². The zero-order valence-corrected chi connectivity index (χ0v) is 13.1. The van der Waals surface area contributed by atoms with E-state index in [1.54, 1.807) is 4.68 Å². The summed E-state index contributed by atoms with van der Waals surface area (Å²) < 4.78 is 1.80. The summed E-state index contributed by atoms with van der Waals surface area (Å²) >= 11 is 0. The molecule has 2 aromatic rings. The lowest BCUT2D eigenvalue weighted by atomic mass is 10.2. The summed E-state index contributed by atoms with van der Waals surface area (Å²) in [5, 5.41) is 10.2. The Morgan fingerprint density at radius 3 is 2.52 bits per heavy atom. The van der Waals surface area contributed by atoms with Crippen molar-refractivity contribution in [1.29, 1.82) is 0 Å². The van der Waals surface area contributed by atoms with E-state index in [1.165, 1.54) is 0 Å². The molecule has 0 saturated heterocycles. The average molecular weight is 309 g/mol. The van der Waals surface area contributed by atoms with Gasteiger partial charge in [-0.25, -0.2) is 4.68 Å². The van der Waals surface area contributed by atoms with Gasteiger partial charge in [-0.1, -0.05) is 0 Å². The number of nitrogens with one attached hydrogen (secondary N) is 2. The van der Waals surface area contributed by atoms with Crippen LogP contribution < -0.4 is 10.6 Å². The fraction of sp³-hybridized carbons (Fsp3) is 0.333.